The van der Waals surface area contributed by atoms with Crippen LogP contribution in [-0.4, -0.2) is 38.6 Å². The molecule has 2 rings (SSSR count). The Morgan fingerprint density at radius 1 is 1.53 bits per heavy atom. The quantitative estimate of drug-likeness (QED) is 0.921. The Labute approximate surface area is 121 Å². The van der Waals surface area contributed by atoms with Crippen LogP contribution in [0, 0.1) is 5.92 Å². The molecule has 1 aromatic rings. The van der Waals surface area contributed by atoms with Crippen LogP contribution < -0.4 is 10.6 Å². The van der Waals surface area contributed by atoms with E-state index < -0.39 is 0 Å². The minimum atomic E-state index is 0.0281. The number of likely N-dealkylation sites (tertiary alicyclic amines) is 1. The van der Waals surface area contributed by atoms with Crippen molar-refractivity contribution in [3.05, 3.63) is 28.8 Å². The molecule has 2 atom stereocenters. The fraction of sp³-hybridized carbons (Fsp3) is 0.600. The lowest BCUT2D eigenvalue weighted by molar-refractivity contribution is 0.396. The van der Waals surface area contributed by atoms with Gasteiger partial charge in [-0.1, -0.05) is 17.7 Å². The zero-order valence-corrected chi connectivity index (χ0v) is 12.8. The van der Waals surface area contributed by atoms with E-state index in [4.69, 9.17) is 17.3 Å². The number of nitrogens with two attached hydrogens (primary N) is 1. The van der Waals surface area contributed by atoms with Crippen LogP contribution in [0.25, 0.3) is 0 Å². The molecule has 2 unspecified atom stereocenters. The topological polar surface area (TPSA) is 32.5 Å². The van der Waals surface area contributed by atoms with Gasteiger partial charge in [-0.25, -0.2) is 0 Å². The number of halogens is 1. The smallest absolute Gasteiger partial charge is 0.0642 e. The van der Waals surface area contributed by atoms with Gasteiger partial charge in [0.2, 0.25) is 0 Å². The molecule has 0 radical (unpaired) electrons. The second-order valence-electron chi connectivity index (χ2n) is 5.80. The Kier molecular flexibility index (Phi) is 4.71. The fourth-order valence-corrected chi connectivity index (χ4v) is 3.11. The van der Waals surface area contributed by atoms with Gasteiger partial charge in [0.1, 0.15) is 0 Å². The predicted molar refractivity (Wildman–Crippen MR) is 82.9 cm³/mol. The van der Waals surface area contributed by atoms with Gasteiger partial charge >= 0.3 is 0 Å². The molecular formula is C15H24ClN3. The highest BCUT2D eigenvalue weighted by molar-refractivity contribution is 6.33. The Balaban J connectivity index is 2.04. The van der Waals surface area contributed by atoms with E-state index in [2.05, 4.69) is 36.0 Å². The third kappa shape index (κ3) is 3.62. The molecule has 0 amide bonds. The molecule has 4 heteroatoms. The Bertz CT molecular complexity index is 433. The van der Waals surface area contributed by atoms with E-state index in [1.165, 1.54) is 19.5 Å². The van der Waals surface area contributed by atoms with E-state index in [-0.39, 0.29) is 6.04 Å². The second-order valence-corrected chi connectivity index (χ2v) is 6.20. The van der Waals surface area contributed by atoms with E-state index >= 15 is 0 Å². The molecule has 19 heavy (non-hydrogen) atoms. The van der Waals surface area contributed by atoms with Crippen LogP contribution in [0.2, 0.25) is 5.02 Å². The summed E-state index contributed by atoms with van der Waals surface area (Å²) < 4.78 is 0. The number of anilines is 1. The minimum absolute atomic E-state index is 0.0281. The van der Waals surface area contributed by atoms with Crippen molar-refractivity contribution >= 4 is 17.3 Å². The molecule has 3 nitrogen and oxygen atoms in total. The van der Waals surface area contributed by atoms with Crippen molar-refractivity contribution in [2.45, 2.75) is 19.4 Å². The van der Waals surface area contributed by atoms with Gasteiger partial charge in [0.25, 0.3) is 0 Å². The lowest BCUT2D eigenvalue weighted by Crippen LogP contribution is -2.27. The number of rotatable bonds is 4. The van der Waals surface area contributed by atoms with Gasteiger partial charge < -0.3 is 15.5 Å². The summed E-state index contributed by atoms with van der Waals surface area (Å²) in [6.07, 6.45) is 1.27. The van der Waals surface area contributed by atoms with Gasteiger partial charge in [-0.3, -0.25) is 0 Å². The first-order valence-electron chi connectivity index (χ1n) is 6.92. The van der Waals surface area contributed by atoms with Gasteiger partial charge in [0.15, 0.2) is 0 Å². The number of hydrogen-bond acceptors (Lipinski definition) is 3. The van der Waals surface area contributed by atoms with Crippen LogP contribution in [0.5, 0.6) is 0 Å². The van der Waals surface area contributed by atoms with Crippen LogP contribution in [-0.2, 0) is 0 Å². The highest BCUT2D eigenvalue weighted by Crippen LogP contribution is 2.29. The molecule has 0 saturated carbocycles. The molecule has 0 spiro atoms. The van der Waals surface area contributed by atoms with Crippen molar-refractivity contribution in [1.29, 1.82) is 0 Å². The van der Waals surface area contributed by atoms with E-state index in [0.717, 1.165) is 28.7 Å². The third-order valence-electron chi connectivity index (χ3n) is 3.93. The lowest BCUT2D eigenvalue weighted by atomic mass is 10.1. The molecular weight excluding hydrogens is 258 g/mol. The second kappa shape index (κ2) is 6.12. The highest BCUT2D eigenvalue weighted by atomic mass is 35.5. The number of benzene rings is 1. The molecule has 1 aromatic carbocycles. The van der Waals surface area contributed by atoms with Crippen molar-refractivity contribution in [1.82, 2.24) is 4.90 Å². The predicted octanol–water partition coefficient (Wildman–Crippen LogP) is 2.75. The van der Waals surface area contributed by atoms with Crippen molar-refractivity contribution in [3.8, 4) is 0 Å². The van der Waals surface area contributed by atoms with Crippen molar-refractivity contribution in [2.24, 2.45) is 11.7 Å². The average molecular weight is 282 g/mol. The van der Waals surface area contributed by atoms with E-state index in [9.17, 15) is 0 Å². The van der Waals surface area contributed by atoms with Crippen LogP contribution in [0.1, 0.15) is 24.9 Å². The first kappa shape index (κ1) is 14.6. The number of nitrogens with zero attached hydrogens (tertiary/aromatic N) is 2. The van der Waals surface area contributed by atoms with Gasteiger partial charge in [-0.05, 0) is 50.6 Å². The maximum Gasteiger partial charge on any atom is 0.0642 e. The summed E-state index contributed by atoms with van der Waals surface area (Å²) in [5.41, 5.74) is 8.06. The summed E-state index contributed by atoms with van der Waals surface area (Å²) in [6, 6.07) is 6.17. The summed E-state index contributed by atoms with van der Waals surface area (Å²) in [5, 5.41) is 0.795. The average Bonchev–Trinajstić information content (AvgIpc) is 2.74. The molecule has 0 aliphatic carbocycles. The van der Waals surface area contributed by atoms with Gasteiger partial charge in [0, 0.05) is 26.2 Å². The molecule has 1 aliphatic heterocycles. The summed E-state index contributed by atoms with van der Waals surface area (Å²) in [7, 11) is 4.30. The molecule has 1 saturated heterocycles. The Hall–Kier alpha value is -0.770. The molecule has 1 heterocycles. The molecule has 0 bridgehead atoms. The maximum atomic E-state index is 6.37. The minimum Gasteiger partial charge on any atom is -0.373 e. The zero-order chi connectivity index (χ0) is 14.0. The molecule has 1 aliphatic rings. The monoisotopic (exact) mass is 281 g/mol. The van der Waals surface area contributed by atoms with Crippen molar-refractivity contribution < 1.29 is 0 Å². The van der Waals surface area contributed by atoms with Crippen LogP contribution >= 0.6 is 11.6 Å². The van der Waals surface area contributed by atoms with Gasteiger partial charge in [0.05, 0.1) is 10.7 Å². The van der Waals surface area contributed by atoms with Gasteiger partial charge in [-0.15, -0.1) is 0 Å². The van der Waals surface area contributed by atoms with Crippen LogP contribution in [0.15, 0.2) is 18.2 Å². The summed E-state index contributed by atoms with van der Waals surface area (Å²) >= 11 is 6.37. The molecule has 0 aromatic heterocycles. The Morgan fingerprint density at radius 2 is 2.26 bits per heavy atom. The van der Waals surface area contributed by atoms with Crippen molar-refractivity contribution in [2.75, 3.05) is 38.6 Å². The fourth-order valence-electron chi connectivity index (χ4n) is 2.78. The summed E-state index contributed by atoms with van der Waals surface area (Å²) in [5.74, 6) is 0.735. The first-order valence-corrected chi connectivity index (χ1v) is 7.30. The van der Waals surface area contributed by atoms with E-state index in [0.29, 0.717) is 0 Å². The standard InChI is InChI=1S/C15H24ClN3/c1-11(17)13-4-5-15(14(16)8-13)19(3)10-12-6-7-18(2)9-12/h4-5,8,11-12H,6-7,9-10,17H2,1-3H3. The van der Waals surface area contributed by atoms with E-state index in [1.54, 1.807) is 0 Å². The first-order chi connectivity index (χ1) is 8.97. The normalized spacial score (nSPS) is 21.6. The number of hydrogen-bond donors (Lipinski definition) is 1. The maximum absolute atomic E-state index is 6.37. The lowest BCUT2D eigenvalue weighted by Gasteiger charge is -2.24. The highest BCUT2D eigenvalue weighted by Gasteiger charge is 2.21. The molecule has 2 N–H and O–H groups in total. The molecule has 1 fully saturated rings. The largest absolute Gasteiger partial charge is 0.373 e. The van der Waals surface area contributed by atoms with Crippen LogP contribution in [0.3, 0.4) is 0 Å². The van der Waals surface area contributed by atoms with E-state index in [1.807, 2.05) is 13.0 Å². The Morgan fingerprint density at radius 3 is 2.79 bits per heavy atom. The summed E-state index contributed by atoms with van der Waals surface area (Å²) in [4.78, 5) is 4.65. The van der Waals surface area contributed by atoms with Crippen LogP contribution in [0.4, 0.5) is 5.69 Å². The third-order valence-corrected chi connectivity index (χ3v) is 4.23. The SMILES string of the molecule is CC(N)c1ccc(N(C)CC2CCN(C)C2)c(Cl)c1. The summed E-state index contributed by atoms with van der Waals surface area (Å²) in [6.45, 7) is 5.42. The van der Waals surface area contributed by atoms with Gasteiger partial charge in [-0.2, -0.15) is 0 Å². The molecule has 106 valence electrons. The zero-order valence-electron chi connectivity index (χ0n) is 12.1. The van der Waals surface area contributed by atoms with Crippen molar-refractivity contribution in [3.63, 3.8) is 0 Å².